The fraction of sp³-hybridized carbons (Fsp3) is 0.619. The lowest BCUT2D eigenvalue weighted by atomic mass is 9.69. The molecule has 1 saturated carbocycles. The highest BCUT2D eigenvalue weighted by Gasteiger charge is 2.49. The highest BCUT2D eigenvalue weighted by molar-refractivity contribution is 6.07. The molecule has 2 fully saturated rings. The number of benzene rings is 3. The molecule has 5 aliphatic heterocycles. The van der Waals surface area contributed by atoms with Crippen molar-refractivity contribution in [1.29, 1.82) is 0 Å². The SMILES string of the molecule is COc1cc2c(cc1OCCCOc1cc3c(cc1OC)C(=O)N1C=C(C)C[C@H]1[C@H](O)N3C(=O)OCc1ccc(NC(=O)[C@H](C)NC(=O)[C@@H](NC(=O)CCOCCOCCOCCOCCOCCOCCOCCOCCNC(=O)CCN3C(=O)CC(C4(C)CCCCCCCCC4)C3=O)C(C)C)cc1)N=C[C@@H]1CC(C)=CN1C2=O. The number of aliphatic hydroxyl groups excluding tert-OH is 1. The highest BCUT2D eigenvalue weighted by atomic mass is 16.6. The molecule has 5 heterocycles. The molecule has 32 heteroatoms. The van der Waals surface area contributed by atoms with Gasteiger partial charge < -0.3 is 97.8 Å². The van der Waals surface area contributed by atoms with Gasteiger partial charge in [0.2, 0.25) is 35.4 Å². The largest absolute Gasteiger partial charge is 0.493 e. The Bertz CT molecular complexity index is 3860. The number of hydrogen-bond donors (Lipinski definition) is 5. The van der Waals surface area contributed by atoms with Crippen molar-refractivity contribution < 1.29 is 110 Å². The number of carbonyl (C=O) groups excluding carboxylic acids is 9. The molecule has 116 heavy (non-hydrogen) atoms. The Hall–Kier alpha value is -9.12. The van der Waals surface area contributed by atoms with Gasteiger partial charge in [0.1, 0.15) is 18.7 Å². The summed E-state index contributed by atoms with van der Waals surface area (Å²) in [5.74, 6) is -2.18. The quantitative estimate of drug-likeness (QED) is 0.0261. The lowest BCUT2D eigenvalue weighted by Gasteiger charge is -2.35. The van der Waals surface area contributed by atoms with Crippen molar-refractivity contribution in [2.75, 3.05) is 156 Å². The number of methoxy groups -OCH3 is 2. The predicted octanol–water partition coefficient (Wildman–Crippen LogP) is 8.50. The summed E-state index contributed by atoms with van der Waals surface area (Å²) in [5, 5.41) is 23.0. The smallest absolute Gasteiger partial charge is 0.416 e. The zero-order valence-corrected chi connectivity index (χ0v) is 68.5. The average Bonchev–Trinajstić information content (AvgIpc) is 1.59. The van der Waals surface area contributed by atoms with E-state index in [2.05, 4.69) is 33.2 Å². The van der Waals surface area contributed by atoms with Crippen LogP contribution in [0.2, 0.25) is 0 Å². The first-order valence-corrected chi connectivity index (χ1v) is 40.7. The molecule has 0 radical (unpaired) electrons. The van der Waals surface area contributed by atoms with Gasteiger partial charge in [0.05, 0.1) is 174 Å². The van der Waals surface area contributed by atoms with E-state index in [0.29, 0.717) is 139 Å². The van der Waals surface area contributed by atoms with Crippen molar-refractivity contribution in [2.24, 2.45) is 22.2 Å². The highest BCUT2D eigenvalue weighted by Crippen LogP contribution is 2.46. The number of fused-ring (bicyclic) bond motifs is 4. The van der Waals surface area contributed by atoms with Crippen LogP contribution in [0.25, 0.3) is 0 Å². The number of likely N-dealkylation sites (tertiary alicyclic amines) is 1. The minimum Gasteiger partial charge on any atom is -0.493 e. The third-order valence-corrected chi connectivity index (χ3v) is 21.1. The predicted molar refractivity (Wildman–Crippen MR) is 428 cm³/mol. The molecule has 5 N–H and O–H groups in total. The molecule has 0 aromatic heterocycles. The van der Waals surface area contributed by atoms with E-state index in [1.807, 2.05) is 20.0 Å². The normalized spacial score (nSPS) is 19.1. The molecule has 6 aliphatic rings. The molecule has 3 aromatic carbocycles. The van der Waals surface area contributed by atoms with Gasteiger partial charge in [0.15, 0.2) is 29.2 Å². The van der Waals surface area contributed by atoms with Crippen molar-refractivity contribution in [1.82, 2.24) is 30.7 Å². The van der Waals surface area contributed by atoms with Crippen LogP contribution in [-0.2, 0) is 78.0 Å². The number of carbonyl (C=O) groups is 9. The average molecular weight is 1620 g/mol. The number of nitrogens with one attached hydrogen (secondary N) is 4. The third-order valence-electron chi connectivity index (χ3n) is 21.1. The van der Waals surface area contributed by atoms with E-state index in [0.717, 1.165) is 41.7 Å². The molecule has 3 aromatic rings. The number of ether oxygens (including phenoxy) is 13. The van der Waals surface area contributed by atoms with Gasteiger partial charge in [0.25, 0.3) is 11.8 Å². The van der Waals surface area contributed by atoms with Gasteiger partial charge in [-0.25, -0.2) is 9.69 Å². The second kappa shape index (κ2) is 46.7. The summed E-state index contributed by atoms with van der Waals surface area (Å²) < 4.78 is 74.0. The van der Waals surface area contributed by atoms with Crippen LogP contribution in [-0.4, -0.2) is 256 Å². The van der Waals surface area contributed by atoms with Crippen LogP contribution >= 0.6 is 0 Å². The number of anilines is 2. The summed E-state index contributed by atoms with van der Waals surface area (Å²) in [6.07, 6.45) is 14.5. The van der Waals surface area contributed by atoms with E-state index in [1.54, 1.807) is 67.6 Å². The molecule has 1 saturated heterocycles. The van der Waals surface area contributed by atoms with Crippen LogP contribution in [0.5, 0.6) is 23.0 Å². The second-order valence-electron chi connectivity index (χ2n) is 30.3. The second-order valence-corrected chi connectivity index (χ2v) is 30.3. The topological polar surface area (TPSA) is 367 Å². The monoisotopic (exact) mass is 1620 g/mol. The standard InChI is InChI=1S/C84H119N9O23/c1-56(2)76(89-74(95)22-29-106-31-33-108-35-37-110-39-41-112-43-44-113-42-40-111-38-36-109-34-32-107-30-25-85-73(94)21-26-90-75(96)49-65(81(90)101)84(6)23-14-12-10-9-11-13-15-24-84)78(98)87-59(5)77(97)88-61-19-17-60(18-20-61)55-116-83(103)93-67-51-72(70(105-8)48-64(67)80(100)92-54-58(4)46-68(92)82(93)102)115-28-16-27-114-71-50-66-63(47-69(71)104-7)79(99)91-53-57(3)45-62(91)52-86-66/h17-20,47-48,50-54,56,59,62,65,68,76,82,102H,9-16,21-46,49,55H2,1-8H3,(H,85,94)(H,87,98)(H,88,97)(H,89,95)/t59-,62-,65?,68-,76-,82-/m0/s1. The maximum Gasteiger partial charge on any atom is 0.416 e. The number of rotatable bonds is 47. The van der Waals surface area contributed by atoms with Crippen molar-refractivity contribution >= 4 is 76.6 Å². The molecule has 9 rings (SSSR count). The minimum atomic E-state index is -1.55. The zero-order chi connectivity index (χ0) is 82.9. The summed E-state index contributed by atoms with van der Waals surface area (Å²) in [5.41, 5.74) is 3.55. The van der Waals surface area contributed by atoms with Gasteiger partial charge in [-0.15, -0.1) is 0 Å². The van der Waals surface area contributed by atoms with Crippen LogP contribution in [0.3, 0.4) is 0 Å². The lowest BCUT2D eigenvalue weighted by molar-refractivity contribution is -0.141. The number of aliphatic imine (C=N–C) groups is 1. The van der Waals surface area contributed by atoms with Crippen LogP contribution in [0.15, 0.2) is 77.1 Å². The number of aliphatic hydroxyl groups is 1. The van der Waals surface area contributed by atoms with Gasteiger partial charge in [-0.3, -0.25) is 48.2 Å². The third kappa shape index (κ3) is 26.7. The molecule has 9 amide bonds. The molecule has 6 atom stereocenters. The fourth-order valence-corrected chi connectivity index (χ4v) is 14.6. The molecule has 1 unspecified atom stereocenters. The van der Waals surface area contributed by atoms with Gasteiger partial charge in [0, 0.05) is 75.2 Å². The van der Waals surface area contributed by atoms with E-state index in [9.17, 15) is 48.3 Å². The molecule has 638 valence electrons. The van der Waals surface area contributed by atoms with Gasteiger partial charge in [-0.1, -0.05) is 89.0 Å². The molecule has 0 spiro atoms. The fourth-order valence-electron chi connectivity index (χ4n) is 14.6. The van der Waals surface area contributed by atoms with E-state index in [4.69, 9.17) is 61.6 Å². The van der Waals surface area contributed by atoms with Crippen LogP contribution in [0, 0.1) is 17.3 Å². The number of amides is 9. The number of nitrogens with zero attached hydrogens (tertiary/aromatic N) is 5. The minimum absolute atomic E-state index is 0.0162. The van der Waals surface area contributed by atoms with Crippen LogP contribution < -0.4 is 45.1 Å². The van der Waals surface area contributed by atoms with E-state index < -0.39 is 54.1 Å². The Morgan fingerprint density at radius 1 is 0.578 bits per heavy atom. The summed E-state index contributed by atoms with van der Waals surface area (Å²) in [4.78, 5) is 131. The molecule has 32 nitrogen and oxygen atoms in total. The maximum atomic E-state index is 14.3. The molecule has 1 aliphatic carbocycles. The first-order chi connectivity index (χ1) is 56.1. The first kappa shape index (κ1) is 90.8. The Labute approximate surface area is 679 Å². The first-order valence-electron chi connectivity index (χ1n) is 40.7. The molecular weight excluding hydrogens is 1500 g/mol. The Morgan fingerprint density at radius 3 is 1.68 bits per heavy atom. The Morgan fingerprint density at radius 2 is 1.10 bits per heavy atom. The van der Waals surface area contributed by atoms with Crippen molar-refractivity contribution in [3.63, 3.8) is 0 Å². The molecular formula is C84H119N9O23. The van der Waals surface area contributed by atoms with Crippen molar-refractivity contribution in [2.45, 2.75) is 175 Å². The summed E-state index contributed by atoms with van der Waals surface area (Å²) in [6.45, 7) is 16.9. The van der Waals surface area contributed by atoms with Gasteiger partial charge in [-0.2, -0.15) is 0 Å². The number of imide groups is 1. The van der Waals surface area contributed by atoms with Gasteiger partial charge in [-0.05, 0) is 87.6 Å². The van der Waals surface area contributed by atoms with Crippen LogP contribution in [0.4, 0.5) is 21.9 Å². The van der Waals surface area contributed by atoms with E-state index in [-0.39, 0.29) is 142 Å². The Kier molecular flexibility index (Phi) is 36.6. The Balaban J connectivity index is 0.568. The van der Waals surface area contributed by atoms with Crippen molar-refractivity contribution in [3.05, 3.63) is 88.8 Å². The number of hydrogen-bond acceptors (Lipinski definition) is 24. The zero-order valence-electron chi connectivity index (χ0n) is 68.5. The summed E-state index contributed by atoms with van der Waals surface area (Å²) in [7, 11) is 2.91. The van der Waals surface area contributed by atoms with Gasteiger partial charge >= 0.3 is 6.09 Å². The maximum absolute atomic E-state index is 14.3. The van der Waals surface area contributed by atoms with Crippen molar-refractivity contribution in [3.8, 4) is 23.0 Å². The molecule has 0 bridgehead atoms. The lowest BCUT2D eigenvalue weighted by Crippen LogP contribution is -2.53. The summed E-state index contributed by atoms with van der Waals surface area (Å²) >= 11 is 0. The van der Waals surface area contributed by atoms with Crippen LogP contribution in [0.1, 0.15) is 164 Å². The summed E-state index contributed by atoms with van der Waals surface area (Å²) in [6, 6.07) is 9.70. The van der Waals surface area contributed by atoms with E-state index in [1.165, 1.54) is 75.2 Å². The van der Waals surface area contributed by atoms with E-state index >= 15 is 0 Å².